The number of anilines is 2. The summed E-state index contributed by atoms with van der Waals surface area (Å²) in [6, 6.07) is 7.53. The predicted molar refractivity (Wildman–Crippen MR) is 121 cm³/mol. The van der Waals surface area contributed by atoms with E-state index in [1.165, 1.54) is 0 Å². The maximum Gasteiger partial charge on any atom is 0.225 e. The van der Waals surface area contributed by atoms with E-state index < -0.39 is 9.84 Å². The van der Waals surface area contributed by atoms with Gasteiger partial charge in [-0.05, 0) is 30.7 Å². The van der Waals surface area contributed by atoms with Gasteiger partial charge in [-0.3, -0.25) is 4.79 Å². The number of sulfone groups is 1. The summed E-state index contributed by atoms with van der Waals surface area (Å²) in [5.41, 5.74) is 2.24. The number of carbonyl (C=O) groups is 1. The van der Waals surface area contributed by atoms with E-state index in [0.29, 0.717) is 37.6 Å². The van der Waals surface area contributed by atoms with Gasteiger partial charge in [0.15, 0.2) is 14.9 Å². The predicted octanol–water partition coefficient (Wildman–Crippen LogP) is 2.96. The number of hydrogen-bond donors (Lipinski definition) is 0. The second-order valence-corrected chi connectivity index (χ2v) is 10.6. The van der Waals surface area contributed by atoms with Crippen LogP contribution in [0.3, 0.4) is 0 Å². The molecule has 8 nitrogen and oxygen atoms in total. The Balaban J connectivity index is 1.56. The number of aryl methyl sites for hydroxylation is 1. The number of nitrogens with zero attached hydrogens (tertiary/aromatic N) is 3. The highest BCUT2D eigenvalue weighted by atomic mass is 32.2. The van der Waals surface area contributed by atoms with Crippen molar-refractivity contribution in [1.29, 1.82) is 0 Å². The molecule has 0 saturated carbocycles. The van der Waals surface area contributed by atoms with Crippen LogP contribution in [0.2, 0.25) is 0 Å². The number of carbonyl (C=O) groups excluding carboxylic acids is 1. The van der Waals surface area contributed by atoms with Crippen LogP contribution < -0.4 is 14.4 Å². The first-order valence-electron chi connectivity index (χ1n) is 10.8. The summed E-state index contributed by atoms with van der Waals surface area (Å²) in [5, 5.41) is 0.0912. The van der Waals surface area contributed by atoms with E-state index >= 15 is 0 Å². The molecule has 0 spiro atoms. The molecule has 1 saturated heterocycles. The van der Waals surface area contributed by atoms with Crippen molar-refractivity contribution in [2.24, 2.45) is 5.92 Å². The third-order valence-corrected chi connectivity index (χ3v) is 6.86. The van der Waals surface area contributed by atoms with Crippen molar-refractivity contribution < 1.29 is 22.7 Å². The summed E-state index contributed by atoms with van der Waals surface area (Å²) in [5.74, 6) is 1.58. The third kappa shape index (κ3) is 4.53. The number of pyridine rings is 1. The van der Waals surface area contributed by atoms with Crippen molar-refractivity contribution in [3.05, 3.63) is 36.0 Å². The molecule has 32 heavy (non-hydrogen) atoms. The summed E-state index contributed by atoms with van der Waals surface area (Å²) < 4.78 is 35.8. The Kier molecular flexibility index (Phi) is 6.03. The lowest BCUT2D eigenvalue weighted by atomic mass is 10.2. The quantitative estimate of drug-likeness (QED) is 0.679. The minimum absolute atomic E-state index is 0.0191. The topological polar surface area (TPSA) is 89.0 Å². The van der Waals surface area contributed by atoms with Gasteiger partial charge in [-0.15, -0.1) is 0 Å². The van der Waals surface area contributed by atoms with Gasteiger partial charge in [-0.1, -0.05) is 13.8 Å². The first-order valence-corrected chi connectivity index (χ1v) is 12.7. The molecule has 4 rings (SSSR count). The van der Waals surface area contributed by atoms with E-state index in [4.69, 9.17) is 9.47 Å². The van der Waals surface area contributed by atoms with Crippen molar-refractivity contribution in [1.82, 2.24) is 9.88 Å². The van der Waals surface area contributed by atoms with E-state index in [2.05, 4.69) is 9.88 Å². The molecule has 1 aromatic heterocycles. The number of benzene rings is 1. The fraction of sp³-hybridized carbons (Fsp3) is 0.478. The normalized spacial score (nSPS) is 18.5. The third-order valence-electron chi connectivity index (χ3n) is 5.73. The summed E-state index contributed by atoms with van der Waals surface area (Å²) in [6.07, 6.45) is 3.49. The molecular weight excluding hydrogens is 430 g/mol. The molecule has 172 valence electrons. The zero-order valence-corrected chi connectivity index (χ0v) is 19.7. The first-order chi connectivity index (χ1) is 15.1. The van der Waals surface area contributed by atoms with Gasteiger partial charge in [-0.25, -0.2) is 13.4 Å². The van der Waals surface area contributed by atoms with Crippen LogP contribution >= 0.6 is 0 Å². The SMILES string of the molecule is Cc1cc(N2CCOc3ccc(O[C@H]4CCN(C(=O)C(C)C)C4)cc32)cnc1S(C)(=O)=O. The fourth-order valence-corrected chi connectivity index (χ4v) is 5.09. The summed E-state index contributed by atoms with van der Waals surface area (Å²) >= 11 is 0. The van der Waals surface area contributed by atoms with Gasteiger partial charge in [0.05, 0.1) is 30.7 Å². The van der Waals surface area contributed by atoms with Gasteiger partial charge in [0.1, 0.15) is 24.2 Å². The molecular formula is C23H29N3O5S. The van der Waals surface area contributed by atoms with Gasteiger partial charge in [-0.2, -0.15) is 0 Å². The minimum Gasteiger partial charge on any atom is -0.490 e. The highest BCUT2D eigenvalue weighted by molar-refractivity contribution is 7.90. The van der Waals surface area contributed by atoms with Crippen LogP contribution in [0.4, 0.5) is 11.4 Å². The average Bonchev–Trinajstić information content (AvgIpc) is 3.20. The Morgan fingerprint density at radius 1 is 1.25 bits per heavy atom. The largest absolute Gasteiger partial charge is 0.490 e. The van der Waals surface area contributed by atoms with Gasteiger partial charge < -0.3 is 19.3 Å². The number of rotatable bonds is 5. The van der Waals surface area contributed by atoms with Crippen LogP contribution in [0.5, 0.6) is 11.5 Å². The van der Waals surface area contributed by atoms with Crippen molar-refractivity contribution >= 4 is 27.1 Å². The van der Waals surface area contributed by atoms with Crippen molar-refractivity contribution in [3.8, 4) is 11.5 Å². The molecule has 0 unspecified atom stereocenters. The highest BCUT2D eigenvalue weighted by Gasteiger charge is 2.29. The molecule has 3 heterocycles. The zero-order valence-electron chi connectivity index (χ0n) is 18.9. The molecule has 9 heteroatoms. The Hall–Kier alpha value is -2.81. The smallest absolute Gasteiger partial charge is 0.225 e. The monoisotopic (exact) mass is 459 g/mol. The van der Waals surface area contributed by atoms with E-state index in [1.807, 2.05) is 43.0 Å². The molecule has 0 bridgehead atoms. The Bertz CT molecular complexity index is 1130. The lowest BCUT2D eigenvalue weighted by Crippen LogP contribution is -2.33. The fourth-order valence-electron chi connectivity index (χ4n) is 4.20. The van der Waals surface area contributed by atoms with Gasteiger partial charge in [0, 0.05) is 31.2 Å². The van der Waals surface area contributed by atoms with Crippen LogP contribution in [0.15, 0.2) is 35.5 Å². The number of likely N-dealkylation sites (tertiary alicyclic amines) is 1. The Morgan fingerprint density at radius 3 is 2.72 bits per heavy atom. The number of aromatic nitrogens is 1. The molecule has 2 aliphatic rings. The molecule has 1 aromatic carbocycles. The van der Waals surface area contributed by atoms with Crippen molar-refractivity contribution in [2.45, 2.75) is 38.3 Å². The molecule has 1 fully saturated rings. The lowest BCUT2D eigenvalue weighted by Gasteiger charge is -2.32. The van der Waals surface area contributed by atoms with Gasteiger partial charge >= 0.3 is 0 Å². The average molecular weight is 460 g/mol. The lowest BCUT2D eigenvalue weighted by molar-refractivity contribution is -0.133. The second-order valence-electron chi connectivity index (χ2n) is 8.68. The molecule has 0 aliphatic carbocycles. The van der Waals surface area contributed by atoms with E-state index in [1.54, 1.807) is 13.1 Å². The second kappa shape index (κ2) is 8.61. The standard InChI is InChI=1S/C23H29N3O5S/c1-15(2)23(27)25-8-7-19(14-25)31-18-5-6-21-20(12-18)26(9-10-30-21)17-11-16(3)22(24-13-17)32(4,28)29/h5-6,11-13,15,19H,7-10,14H2,1-4H3/t19-/m0/s1. The molecule has 1 atom stereocenters. The van der Waals surface area contributed by atoms with Crippen LogP contribution in [-0.4, -0.2) is 62.8 Å². The van der Waals surface area contributed by atoms with Gasteiger partial charge in [0.25, 0.3) is 0 Å². The van der Waals surface area contributed by atoms with E-state index in [9.17, 15) is 13.2 Å². The number of ether oxygens (including phenoxy) is 2. The molecule has 2 aromatic rings. The zero-order chi connectivity index (χ0) is 23.0. The van der Waals surface area contributed by atoms with Crippen LogP contribution in [0.1, 0.15) is 25.8 Å². The summed E-state index contributed by atoms with van der Waals surface area (Å²) in [6.45, 7) is 7.98. The van der Waals surface area contributed by atoms with Crippen LogP contribution in [0.25, 0.3) is 0 Å². The summed E-state index contributed by atoms with van der Waals surface area (Å²) in [4.78, 5) is 20.4. The Morgan fingerprint density at radius 2 is 2.03 bits per heavy atom. The molecule has 1 amide bonds. The van der Waals surface area contributed by atoms with E-state index in [0.717, 1.165) is 29.8 Å². The highest BCUT2D eigenvalue weighted by Crippen LogP contribution is 2.40. The van der Waals surface area contributed by atoms with E-state index in [-0.39, 0.29) is 23.0 Å². The number of amides is 1. The van der Waals surface area contributed by atoms with Crippen LogP contribution in [-0.2, 0) is 14.6 Å². The van der Waals surface area contributed by atoms with Crippen LogP contribution in [0, 0.1) is 12.8 Å². The molecule has 2 aliphatic heterocycles. The number of hydrogen-bond acceptors (Lipinski definition) is 7. The van der Waals surface area contributed by atoms with Gasteiger partial charge in [0.2, 0.25) is 5.91 Å². The Labute approximate surface area is 189 Å². The summed E-state index contributed by atoms with van der Waals surface area (Å²) in [7, 11) is -3.38. The van der Waals surface area contributed by atoms with Crippen molar-refractivity contribution in [2.75, 3.05) is 37.4 Å². The minimum atomic E-state index is -3.38. The molecule has 0 N–H and O–H groups in total. The maximum atomic E-state index is 12.3. The first kappa shape index (κ1) is 22.4. The number of fused-ring (bicyclic) bond motifs is 1. The maximum absolute atomic E-state index is 12.3. The van der Waals surface area contributed by atoms with Crippen molar-refractivity contribution in [3.63, 3.8) is 0 Å². The molecule has 0 radical (unpaired) electrons.